The van der Waals surface area contributed by atoms with E-state index in [1.165, 1.54) is 23.5 Å². The number of para-hydroxylation sites is 1. The number of ether oxygens (including phenoxy) is 1. The van der Waals surface area contributed by atoms with E-state index in [2.05, 4.69) is 15.0 Å². The maximum absolute atomic E-state index is 14.9. The molecule has 3 aromatic heterocycles. The number of aliphatic hydroxyl groups excluding tert-OH is 2. The number of thiophene rings is 1. The van der Waals surface area contributed by atoms with Crippen molar-refractivity contribution in [1.82, 2.24) is 24.2 Å². The average molecular weight is 684 g/mol. The molecule has 2 aliphatic heterocycles. The molecule has 0 saturated carbocycles. The monoisotopic (exact) mass is 683 g/mol. The van der Waals surface area contributed by atoms with E-state index in [-0.39, 0.29) is 11.4 Å². The van der Waals surface area contributed by atoms with E-state index < -0.39 is 42.3 Å². The van der Waals surface area contributed by atoms with Crippen molar-refractivity contribution < 1.29 is 47.9 Å². The molecule has 1 aromatic carbocycles. The van der Waals surface area contributed by atoms with E-state index in [9.17, 15) is 22.8 Å². The number of hydrogen-bond acceptors (Lipinski definition) is 9. The van der Waals surface area contributed by atoms with E-state index in [0.717, 1.165) is 11.3 Å². The van der Waals surface area contributed by atoms with E-state index in [4.69, 9.17) is 36.8 Å². The number of carboxylic acid groups (broad SMARTS) is 2. The van der Waals surface area contributed by atoms with Crippen LogP contribution in [0, 0.1) is 12.7 Å². The molecule has 46 heavy (non-hydrogen) atoms. The molecule has 4 N–H and O–H groups in total. The number of nitrogens with zero attached hydrogens (tertiary/aromatic N) is 5. The summed E-state index contributed by atoms with van der Waals surface area (Å²) in [6.45, 7) is 3.24. The van der Waals surface area contributed by atoms with Gasteiger partial charge in [-0.2, -0.15) is 13.9 Å². The van der Waals surface area contributed by atoms with Gasteiger partial charge in [-0.3, -0.25) is 4.90 Å². The number of aliphatic carboxylic acids is 2. The van der Waals surface area contributed by atoms with E-state index in [1.807, 2.05) is 19.2 Å². The number of fused-ring (bicyclic) bond motifs is 2. The zero-order chi connectivity index (χ0) is 33.4. The second-order valence-electron chi connectivity index (χ2n) is 10.9. The predicted octanol–water partition coefficient (Wildman–Crippen LogP) is 3.71. The number of alkyl halides is 2. The standard InChI is InChI=1S/C25H23ClF3N5OS.C4H6O6/c1-16-17(13-34(31-16)22-19(27)3-2-4-20(22)33-10-7-30-15-33)12-32-8-5-24(6-9-32)23-18(11-21(26)36-23)25(28,29)14-35-24;5-1(3(7)8)2(6)4(9)10/h2-4,7,10-11,13,15H,5-6,8-9,12,14H2,1H3;1-2,5-6H,(H,7,8)(H,9,10). The van der Waals surface area contributed by atoms with Crippen molar-refractivity contribution in [3.63, 3.8) is 0 Å². The van der Waals surface area contributed by atoms with Gasteiger partial charge in [0.2, 0.25) is 0 Å². The smallest absolute Gasteiger partial charge is 0.335 e. The van der Waals surface area contributed by atoms with E-state index in [1.54, 1.807) is 34.0 Å². The molecule has 2 aliphatic rings. The zero-order valence-electron chi connectivity index (χ0n) is 24.2. The van der Waals surface area contributed by atoms with Crippen molar-refractivity contribution in [1.29, 1.82) is 0 Å². The van der Waals surface area contributed by atoms with Crippen LogP contribution in [0.2, 0.25) is 4.34 Å². The molecule has 2 unspecified atom stereocenters. The maximum atomic E-state index is 14.9. The number of aromatic nitrogens is 4. The molecule has 4 aromatic rings. The molecule has 0 aliphatic carbocycles. The minimum absolute atomic E-state index is 0.00732. The molecule has 0 radical (unpaired) electrons. The average Bonchev–Trinajstić information content (AvgIpc) is 3.77. The molecule has 17 heteroatoms. The Hall–Kier alpha value is -3.80. The summed E-state index contributed by atoms with van der Waals surface area (Å²) in [6.07, 6.45) is 3.53. The number of aliphatic hydroxyl groups is 2. The van der Waals surface area contributed by atoms with E-state index >= 15 is 0 Å². The number of carboxylic acids is 2. The summed E-state index contributed by atoms with van der Waals surface area (Å²) in [4.78, 5) is 26.4. The summed E-state index contributed by atoms with van der Waals surface area (Å²) in [7, 11) is 0. The lowest BCUT2D eigenvalue weighted by Crippen LogP contribution is -2.48. The fraction of sp³-hybridized carbons (Fsp3) is 0.379. The van der Waals surface area contributed by atoms with Crippen LogP contribution in [0.15, 0.2) is 49.2 Å². The number of carbonyl (C=O) groups is 2. The van der Waals surface area contributed by atoms with Gasteiger partial charge in [-0.25, -0.2) is 23.6 Å². The van der Waals surface area contributed by atoms with Crippen LogP contribution in [0.25, 0.3) is 11.4 Å². The molecule has 1 spiro atoms. The lowest BCUT2D eigenvalue weighted by atomic mass is 9.84. The van der Waals surface area contributed by atoms with Crippen molar-refractivity contribution in [2.75, 3.05) is 19.7 Å². The van der Waals surface area contributed by atoms with Gasteiger partial charge in [0.05, 0.1) is 22.0 Å². The van der Waals surface area contributed by atoms with E-state index in [0.29, 0.717) is 53.1 Å². The van der Waals surface area contributed by atoms with Crippen LogP contribution in [0.3, 0.4) is 0 Å². The summed E-state index contributed by atoms with van der Waals surface area (Å²) in [5.74, 6) is -6.94. The Morgan fingerprint density at radius 3 is 2.43 bits per heavy atom. The Morgan fingerprint density at radius 1 is 1.15 bits per heavy atom. The molecule has 0 amide bonds. The fourth-order valence-corrected chi connectivity index (χ4v) is 6.88. The van der Waals surface area contributed by atoms with Crippen LogP contribution in [0.5, 0.6) is 0 Å². The normalized spacial score (nSPS) is 18.3. The quantitative estimate of drug-likeness (QED) is 0.226. The summed E-state index contributed by atoms with van der Waals surface area (Å²) >= 11 is 7.31. The van der Waals surface area contributed by atoms with Crippen LogP contribution in [-0.2, 0) is 32.4 Å². The molecular formula is C29H29ClF3N5O7S. The highest BCUT2D eigenvalue weighted by Gasteiger charge is 2.51. The third kappa shape index (κ3) is 6.67. The Kier molecular flexibility index (Phi) is 9.58. The van der Waals surface area contributed by atoms with Gasteiger partial charge in [-0.1, -0.05) is 17.7 Å². The Morgan fingerprint density at radius 2 is 1.83 bits per heavy atom. The lowest BCUT2D eigenvalue weighted by molar-refractivity contribution is -0.182. The zero-order valence-corrected chi connectivity index (χ0v) is 25.8. The highest BCUT2D eigenvalue weighted by Crippen LogP contribution is 2.52. The van der Waals surface area contributed by atoms with Crippen LogP contribution in [-0.4, -0.2) is 88.5 Å². The number of halogens is 4. The molecular weight excluding hydrogens is 655 g/mol. The topological polar surface area (TPSA) is 163 Å². The summed E-state index contributed by atoms with van der Waals surface area (Å²) in [5.41, 5.74) is 2.04. The highest BCUT2D eigenvalue weighted by molar-refractivity contribution is 7.16. The number of benzene rings is 1. The van der Waals surface area contributed by atoms with Gasteiger partial charge in [0, 0.05) is 54.2 Å². The molecule has 5 heterocycles. The first kappa shape index (κ1) is 33.6. The third-order valence-electron chi connectivity index (χ3n) is 7.88. The minimum atomic E-state index is -3.02. The first-order chi connectivity index (χ1) is 21.7. The van der Waals surface area contributed by atoms with Crippen molar-refractivity contribution in [3.05, 3.63) is 81.0 Å². The molecule has 6 rings (SSSR count). The van der Waals surface area contributed by atoms with Gasteiger partial charge in [0.15, 0.2) is 18.0 Å². The summed E-state index contributed by atoms with van der Waals surface area (Å²) < 4.78 is 53.3. The number of rotatable bonds is 7. The largest absolute Gasteiger partial charge is 0.479 e. The number of aryl methyl sites for hydroxylation is 1. The van der Waals surface area contributed by atoms with Crippen LogP contribution >= 0.6 is 22.9 Å². The van der Waals surface area contributed by atoms with Gasteiger partial charge in [0.1, 0.15) is 17.9 Å². The Bertz CT molecular complexity index is 1710. The fourth-order valence-electron chi connectivity index (χ4n) is 5.40. The molecule has 246 valence electrons. The minimum Gasteiger partial charge on any atom is -0.479 e. The second-order valence-corrected chi connectivity index (χ2v) is 12.6. The van der Waals surface area contributed by atoms with Gasteiger partial charge in [-0.05, 0) is 38.0 Å². The SMILES string of the molecule is Cc1nn(-c2c(F)cccc2-n2ccnc2)cc1CN1CCC2(CC1)OCC(F)(F)c1cc(Cl)sc12.O=C(O)C(O)C(O)C(=O)O. The van der Waals surface area contributed by atoms with Crippen molar-refractivity contribution in [2.24, 2.45) is 0 Å². The number of hydrogen-bond donors (Lipinski definition) is 4. The summed E-state index contributed by atoms with van der Waals surface area (Å²) in [6, 6.07) is 6.27. The number of likely N-dealkylation sites (tertiary alicyclic amines) is 1. The van der Waals surface area contributed by atoms with Gasteiger partial charge in [0.25, 0.3) is 5.92 Å². The number of imidazole rings is 1. The molecule has 12 nitrogen and oxygen atoms in total. The summed E-state index contributed by atoms with van der Waals surface area (Å²) in [5, 5.41) is 37.1. The maximum Gasteiger partial charge on any atom is 0.335 e. The second kappa shape index (κ2) is 13.1. The van der Waals surface area contributed by atoms with Crippen LogP contribution < -0.4 is 0 Å². The van der Waals surface area contributed by atoms with Crippen molar-refractivity contribution >= 4 is 34.9 Å². The van der Waals surface area contributed by atoms with Crippen molar-refractivity contribution in [3.8, 4) is 11.4 Å². The Labute approximate surface area is 268 Å². The molecule has 1 fully saturated rings. The van der Waals surface area contributed by atoms with Gasteiger partial charge in [-0.15, -0.1) is 11.3 Å². The Balaban J connectivity index is 0.000000362. The van der Waals surface area contributed by atoms with Crippen LogP contribution in [0.1, 0.15) is 34.5 Å². The molecule has 1 saturated heterocycles. The first-order valence-corrected chi connectivity index (χ1v) is 15.1. The third-order valence-corrected chi connectivity index (χ3v) is 9.33. The molecule has 0 bridgehead atoms. The number of piperidine rings is 1. The molecule has 2 atom stereocenters. The predicted molar refractivity (Wildman–Crippen MR) is 158 cm³/mol. The lowest BCUT2D eigenvalue weighted by Gasteiger charge is -2.45. The van der Waals surface area contributed by atoms with Gasteiger partial charge < -0.3 is 29.7 Å². The van der Waals surface area contributed by atoms with Gasteiger partial charge >= 0.3 is 11.9 Å². The highest BCUT2D eigenvalue weighted by atomic mass is 35.5. The van der Waals surface area contributed by atoms with Crippen molar-refractivity contribution in [2.45, 2.75) is 50.0 Å². The van der Waals surface area contributed by atoms with Crippen LogP contribution in [0.4, 0.5) is 13.2 Å². The first-order valence-electron chi connectivity index (χ1n) is 13.9.